The van der Waals surface area contributed by atoms with Crippen molar-refractivity contribution in [3.05, 3.63) is 34.9 Å². The zero-order valence-corrected chi connectivity index (χ0v) is 11.0. The highest BCUT2D eigenvalue weighted by Gasteiger charge is 2.31. The zero-order chi connectivity index (χ0) is 12.5. The Morgan fingerprint density at radius 2 is 1.88 bits per heavy atom. The quantitative estimate of drug-likeness (QED) is 0.893. The molecule has 0 spiro atoms. The first-order chi connectivity index (χ1) is 7.96. The van der Waals surface area contributed by atoms with E-state index < -0.39 is 9.84 Å². The SMILES string of the molecule is NC(CS(=O)(=O)Cc1ccc(Cl)cc1)C1CC1. The lowest BCUT2D eigenvalue weighted by atomic mass is 10.2. The lowest BCUT2D eigenvalue weighted by Gasteiger charge is -2.10. The Morgan fingerprint density at radius 3 is 2.41 bits per heavy atom. The van der Waals surface area contributed by atoms with E-state index in [0.717, 1.165) is 18.4 Å². The topological polar surface area (TPSA) is 60.2 Å². The van der Waals surface area contributed by atoms with Gasteiger partial charge < -0.3 is 5.73 Å². The van der Waals surface area contributed by atoms with Crippen LogP contribution in [0.1, 0.15) is 18.4 Å². The van der Waals surface area contributed by atoms with Crippen molar-refractivity contribution in [3.8, 4) is 0 Å². The predicted molar refractivity (Wildman–Crippen MR) is 69.6 cm³/mol. The number of hydrogen-bond donors (Lipinski definition) is 1. The van der Waals surface area contributed by atoms with E-state index in [9.17, 15) is 8.42 Å². The van der Waals surface area contributed by atoms with Gasteiger partial charge in [0.15, 0.2) is 9.84 Å². The second-order valence-electron chi connectivity index (χ2n) is 4.68. The van der Waals surface area contributed by atoms with Crippen LogP contribution in [0.4, 0.5) is 0 Å². The lowest BCUT2D eigenvalue weighted by molar-refractivity contribution is 0.573. The molecule has 0 bridgehead atoms. The number of rotatable bonds is 5. The number of sulfone groups is 1. The summed E-state index contributed by atoms with van der Waals surface area (Å²) in [5.41, 5.74) is 6.60. The molecule has 0 heterocycles. The minimum absolute atomic E-state index is 0.0462. The summed E-state index contributed by atoms with van der Waals surface area (Å²) in [6.45, 7) is 0. The van der Waals surface area contributed by atoms with Crippen LogP contribution in [0.15, 0.2) is 24.3 Å². The molecule has 0 amide bonds. The number of nitrogens with two attached hydrogens (primary N) is 1. The Balaban J connectivity index is 1.98. The smallest absolute Gasteiger partial charge is 0.155 e. The van der Waals surface area contributed by atoms with Crippen LogP contribution >= 0.6 is 11.6 Å². The maximum Gasteiger partial charge on any atom is 0.155 e. The van der Waals surface area contributed by atoms with Gasteiger partial charge in [-0.05, 0) is 36.5 Å². The molecule has 0 radical (unpaired) electrons. The van der Waals surface area contributed by atoms with E-state index in [-0.39, 0.29) is 17.5 Å². The third-order valence-corrected chi connectivity index (χ3v) is 4.89. The van der Waals surface area contributed by atoms with Gasteiger partial charge >= 0.3 is 0 Å². The average molecular weight is 274 g/mol. The monoisotopic (exact) mass is 273 g/mol. The molecule has 1 unspecified atom stereocenters. The standard InChI is InChI=1S/C12H16ClNO2S/c13-11-5-1-9(2-6-11)7-17(15,16)8-12(14)10-3-4-10/h1-2,5-6,10,12H,3-4,7-8,14H2. The molecule has 1 aliphatic rings. The van der Waals surface area contributed by atoms with E-state index in [0.29, 0.717) is 10.9 Å². The second kappa shape index (κ2) is 4.96. The molecule has 3 nitrogen and oxygen atoms in total. The Morgan fingerprint density at radius 1 is 1.29 bits per heavy atom. The Kier molecular flexibility index (Phi) is 3.76. The van der Waals surface area contributed by atoms with Crippen LogP contribution < -0.4 is 5.73 Å². The maximum atomic E-state index is 11.9. The van der Waals surface area contributed by atoms with Gasteiger partial charge in [0.05, 0.1) is 11.5 Å². The highest BCUT2D eigenvalue weighted by molar-refractivity contribution is 7.90. The highest BCUT2D eigenvalue weighted by atomic mass is 35.5. The van der Waals surface area contributed by atoms with E-state index in [1.54, 1.807) is 24.3 Å². The molecule has 0 aliphatic heterocycles. The minimum atomic E-state index is -3.12. The van der Waals surface area contributed by atoms with Gasteiger partial charge in [-0.25, -0.2) is 8.42 Å². The van der Waals surface area contributed by atoms with Gasteiger partial charge in [-0.3, -0.25) is 0 Å². The Bertz CT molecular complexity index is 480. The summed E-state index contributed by atoms with van der Waals surface area (Å²) in [4.78, 5) is 0. The molecule has 94 valence electrons. The van der Waals surface area contributed by atoms with Crippen LogP contribution in [0.5, 0.6) is 0 Å². The summed E-state index contributed by atoms with van der Waals surface area (Å²) in [6, 6.07) is 6.68. The van der Waals surface area contributed by atoms with E-state index >= 15 is 0 Å². The van der Waals surface area contributed by atoms with Crippen LogP contribution in [0.25, 0.3) is 0 Å². The molecule has 5 heteroatoms. The van der Waals surface area contributed by atoms with Crippen molar-refractivity contribution in [1.29, 1.82) is 0 Å². The summed E-state index contributed by atoms with van der Waals surface area (Å²) in [5.74, 6) is 0.542. The lowest BCUT2D eigenvalue weighted by Crippen LogP contribution is -2.32. The van der Waals surface area contributed by atoms with Gasteiger partial charge in [0, 0.05) is 11.1 Å². The van der Waals surface area contributed by atoms with Gasteiger partial charge in [0.1, 0.15) is 0 Å². The molecule has 1 aliphatic carbocycles. The van der Waals surface area contributed by atoms with Crippen LogP contribution in [0.2, 0.25) is 5.02 Å². The Hall–Kier alpha value is -0.580. The Labute approximate surface area is 107 Å². The minimum Gasteiger partial charge on any atom is -0.327 e. The molecule has 2 N–H and O–H groups in total. The maximum absolute atomic E-state index is 11.9. The normalized spacial score (nSPS) is 18.0. The van der Waals surface area contributed by atoms with Crippen LogP contribution in [0, 0.1) is 5.92 Å². The predicted octanol–water partition coefficient (Wildman–Crippen LogP) is 1.99. The van der Waals surface area contributed by atoms with E-state index in [1.807, 2.05) is 0 Å². The molecular weight excluding hydrogens is 258 g/mol. The molecule has 1 fully saturated rings. The van der Waals surface area contributed by atoms with Gasteiger partial charge in [0.2, 0.25) is 0 Å². The number of hydrogen-bond acceptors (Lipinski definition) is 3. The molecule has 1 aromatic rings. The van der Waals surface area contributed by atoms with E-state index in [1.165, 1.54) is 0 Å². The molecule has 17 heavy (non-hydrogen) atoms. The van der Waals surface area contributed by atoms with Crippen molar-refractivity contribution in [2.45, 2.75) is 24.6 Å². The van der Waals surface area contributed by atoms with Crippen molar-refractivity contribution in [3.63, 3.8) is 0 Å². The first-order valence-electron chi connectivity index (χ1n) is 5.67. The van der Waals surface area contributed by atoms with Gasteiger partial charge in [-0.2, -0.15) is 0 Å². The summed E-state index contributed by atoms with van der Waals surface area (Å²) in [7, 11) is -3.12. The van der Waals surface area contributed by atoms with Crippen LogP contribution in [0.3, 0.4) is 0 Å². The second-order valence-corrected chi connectivity index (χ2v) is 7.23. The molecule has 0 saturated heterocycles. The number of halogens is 1. The largest absolute Gasteiger partial charge is 0.327 e. The zero-order valence-electron chi connectivity index (χ0n) is 9.47. The fraction of sp³-hybridized carbons (Fsp3) is 0.500. The highest BCUT2D eigenvalue weighted by Crippen LogP contribution is 2.32. The van der Waals surface area contributed by atoms with Crippen molar-refractivity contribution in [2.75, 3.05) is 5.75 Å². The van der Waals surface area contributed by atoms with Gasteiger partial charge in [0.25, 0.3) is 0 Å². The molecule has 1 aromatic carbocycles. The third-order valence-electron chi connectivity index (χ3n) is 2.97. The molecule has 1 saturated carbocycles. The average Bonchev–Trinajstić information content (AvgIpc) is 3.03. The summed E-state index contributed by atoms with van der Waals surface area (Å²) in [5, 5.41) is 0.612. The summed E-state index contributed by atoms with van der Waals surface area (Å²) < 4.78 is 23.8. The van der Waals surface area contributed by atoms with Gasteiger partial charge in [-0.15, -0.1) is 0 Å². The summed E-state index contributed by atoms with van der Waals surface area (Å²) in [6.07, 6.45) is 2.13. The summed E-state index contributed by atoms with van der Waals surface area (Å²) >= 11 is 5.75. The number of benzene rings is 1. The molecule has 2 rings (SSSR count). The third kappa shape index (κ3) is 3.98. The van der Waals surface area contributed by atoms with Gasteiger partial charge in [-0.1, -0.05) is 23.7 Å². The van der Waals surface area contributed by atoms with Crippen molar-refractivity contribution >= 4 is 21.4 Å². The fourth-order valence-corrected chi connectivity index (χ4v) is 3.65. The van der Waals surface area contributed by atoms with Crippen molar-refractivity contribution < 1.29 is 8.42 Å². The van der Waals surface area contributed by atoms with E-state index in [4.69, 9.17) is 17.3 Å². The molecular formula is C12H16ClNO2S. The van der Waals surface area contributed by atoms with E-state index in [2.05, 4.69) is 0 Å². The fourth-order valence-electron chi connectivity index (χ4n) is 1.85. The molecule has 0 aromatic heterocycles. The van der Waals surface area contributed by atoms with Crippen molar-refractivity contribution in [1.82, 2.24) is 0 Å². The first kappa shape index (κ1) is 12.9. The van der Waals surface area contributed by atoms with Crippen LogP contribution in [-0.4, -0.2) is 20.2 Å². The van der Waals surface area contributed by atoms with Crippen LogP contribution in [-0.2, 0) is 15.6 Å². The van der Waals surface area contributed by atoms with Crippen molar-refractivity contribution in [2.24, 2.45) is 11.7 Å². The first-order valence-corrected chi connectivity index (χ1v) is 7.87. The molecule has 1 atom stereocenters.